The van der Waals surface area contributed by atoms with E-state index in [1.165, 1.54) is 6.20 Å². The number of nitrogens with one attached hydrogen (secondary N) is 1. The standard InChI is InChI=1S/C15H25N5O3/c1-3-9-19(13-4-7-16-8-5-13)15(21)6-10-18-11-14(20(22)23)17-12(18)2/h11,13,16H,3-10H2,1-2H3. The number of imidazole rings is 1. The third-order valence-electron chi connectivity index (χ3n) is 4.25. The highest BCUT2D eigenvalue weighted by Crippen LogP contribution is 2.15. The summed E-state index contributed by atoms with van der Waals surface area (Å²) in [5.74, 6) is 0.515. The number of amides is 1. The van der Waals surface area contributed by atoms with Gasteiger partial charge in [-0.2, -0.15) is 0 Å². The lowest BCUT2D eigenvalue weighted by Crippen LogP contribution is -2.46. The Labute approximate surface area is 136 Å². The Morgan fingerprint density at radius 1 is 1.52 bits per heavy atom. The summed E-state index contributed by atoms with van der Waals surface area (Å²) in [4.78, 5) is 28.7. The number of piperidine rings is 1. The van der Waals surface area contributed by atoms with Crippen molar-refractivity contribution in [2.45, 2.75) is 52.1 Å². The highest BCUT2D eigenvalue weighted by atomic mass is 16.6. The van der Waals surface area contributed by atoms with Gasteiger partial charge in [-0.3, -0.25) is 4.79 Å². The van der Waals surface area contributed by atoms with Crippen LogP contribution in [0.1, 0.15) is 38.4 Å². The van der Waals surface area contributed by atoms with E-state index in [1.54, 1.807) is 11.5 Å². The van der Waals surface area contributed by atoms with Crippen molar-refractivity contribution >= 4 is 11.7 Å². The fourth-order valence-corrected chi connectivity index (χ4v) is 3.04. The minimum absolute atomic E-state index is 0.120. The molecule has 8 heteroatoms. The summed E-state index contributed by atoms with van der Waals surface area (Å²) in [5, 5.41) is 14.1. The fourth-order valence-electron chi connectivity index (χ4n) is 3.04. The first-order chi connectivity index (χ1) is 11.0. The number of aromatic nitrogens is 2. The molecule has 1 aromatic rings. The van der Waals surface area contributed by atoms with Gasteiger partial charge in [-0.05, 0) is 42.3 Å². The van der Waals surface area contributed by atoms with Gasteiger partial charge in [-0.15, -0.1) is 0 Å². The van der Waals surface area contributed by atoms with E-state index in [-0.39, 0.29) is 11.7 Å². The first-order valence-corrected chi connectivity index (χ1v) is 8.21. The summed E-state index contributed by atoms with van der Waals surface area (Å²) < 4.78 is 1.68. The van der Waals surface area contributed by atoms with E-state index in [0.29, 0.717) is 24.8 Å². The van der Waals surface area contributed by atoms with Crippen LogP contribution >= 0.6 is 0 Å². The van der Waals surface area contributed by atoms with Crippen LogP contribution in [0.25, 0.3) is 0 Å². The van der Waals surface area contributed by atoms with Gasteiger partial charge in [0.05, 0.1) is 0 Å². The molecule has 128 valence electrons. The smallest absolute Gasteiger partial charge is 0.358 e. The van der Waals surface area contributed by atoms with Crippen molar-refractivity contribution in [2.24, 2.45) is 0 Å². The number of hydrogen-bond acceptors (Lipinski definition) is 5. The predicted molar refractivity (Wildman–Crippen MR) is 86.1 cm³/mol. The lowest BCUT2D eigenvalue weighted by atomic mass is 10.0. The van der Waals surface area contributed by atoms with Crippen LogP contribution < -0.4 is 5.32 Å². The third kappa shape index (κ3) is 4.51. The molecule has 1 saturated heterocycles. The molecule has 0 atom stereocenters. The molecule has 2 heterocycles. The zero-order valence-corrected chi connectivity index (χ0v) is 13.8. The van der Waals surface area contributed by atoms with E-state index in [0.717, 1.165) is 38.9 Å². The van der Waals surface area contributed by atoms with Gasteiger partial charge in [0.15, 0.2) is 0 Å². The molecule has 0 spiro atoms. The second-order valence-corrected chi connectivity index (χ2v) is 5.92. The Bertz CT molecular complexity index is 551. The Balaban J connectivity index is 1.96. The van der Waals surface area contributed by atoms with Crippen molar-refractivity contribution in [1.82, 2.24) is 19.8 Å². The van der Waals surface area contributed by atoms with Crippen LogP contribution in [0.15, 0.2) is 6.20 Å². The molecule has 1 fully saturated rings. The minimum atomic E-state index is -0.510. The monoisotopic (exact) mass is 323 g/mol. The Morgan fingerprint density at radius 3 is 2.78 bits per heavy atom. The van der Waals surface area contributed by atoms with Gasteiger partial charge in [0, 0.05) is 32.5 Å². The van der Waals surface area contributed by atoms with Crippen molar-refractivity contribution in [3.05, 3.63) is 22.1 Å². The molecule has 1 amide bonds. The SMILES string of the molecule is CCCN(C(=O)CCn1cc([N+](=O)[O-])nc1C)C1CCNCC1. The topological polar surface area (TPSA) is 93.3 Å². The first-order valence-electron chi connectivity index (χ1n) is 8.21. The Morgan fingerprint density at radius 2 is 2.22 bits per heavy atom. The maximum atomic E-state index is 12.6. The van der Waals surface area contributed by atoms with E-state index in [1.807, 2.05) is 4.90 Å². The summed E-state index contributed by atoms with van der Waals surface area (Å²) >= 11 is 0. The summed E-state index contributed by atoms with van der Waals surface area (Å²) in [6, 6.07) is 0.307. The molecule has 0 radical (unpaired) electrons. The van der Waals surface area contributed by atoms with Crippen LogP contribution in [0.5, 0.6) is 0 Å². The number of carbonyl (C=O) groups excluding carboxylic acids is 1. The molecule has 0 aliphatic carbocycles. The molecule has 1 aliphatic rings. The van der Waals surface area contributed by atoms with Crippen molar-refractivity contribution < 1.29 is 9.72 Å². The van der Waals surface area contributed by atoms with Crippen LogP contribution in [-0.2, 0) is 11.3 Å². The summed E-state index contributed by atoms with van der Waals surface area (Å²) in [7, 11) is 0. The Hall–Kier alpha value is -1.96. The van der Waals surface area contributed by atoms with Gasteiger partial charge in [0.1, 0.15) is 6.20 Å². The molecule has 2 rings (SSSR count). The van der Waals surface area contributed by atoms with Crippen molar-refractivity contribution in [1.29, 1.82) is 0 Å². The second kappa shape index (κ2) is 8.05. The highest BCUT2D eigenvalue weighted by Gasteiger charge is 2.25. The number of hydrogen-bond donors (Lipinski definition) is 1. The van der Waals surface area contributed by atoms with Gasteiger partial charge < -0.3 is 24.9 Å². The molecular formula is C15H25N5O3. The molecule has 0 aromatic carbocycles. The van der Waals surface area contributed by atoms with Gasteiger partial charge in [0.25, 0.3) is 0 Å². The van der Waals surface area contributed by atoms with E-state index in [9.17, 15) is 14.9 Å². The molecular weight excluding hydrogens is 298 g/mol. The van der Waals surface area contributed by atoms with E-state index in [2.05, 4.69) is 17.2 Å². The first kappa shape index (κ1) is 17.4. The molecule has 1 N–H and O–H groups in total. The molecule has 23 heavy (non-hydrogen) atoms. The van der Waals surface area contributed by atoms with Crippen LogP contribution in [0, 0.1) is 17.0 Å². The molecule has 1 aromatic heterocycles. The minimum Gasteiger partial charge on any atom is -0.358 e. The van der Waals surface area contributed by atoms with Gasteiger partial charge in [-0.25, -0.2) is 0 Å². The second-order valence-electron chi connectivity index (χ2n) is 5.92. The zero-order valence-electron chi connectivity index (χ0n) is 13.8. The number of aryl methyl sites for hydroxylation is 2. The summed E-state index contributed by atoms with van der Waals surface area (Å²) in [6.07, 6.45) is 4.66. The van der Waals surface area contributed by atoms with Crippen LogP contribution in [0.2, 0.25) is 0 Å². The molecule has 0 unspecified atom stereocenters. The van der Waals surface area contributed by atoms with Crippen LogP contribution in [0.3, 0.4) is 0 Å². The largest absolute Gasteiger partial charge is 0.381 e. The van der Waals surface area contributed by atoms with E-state index >= 15 is 0 Å². The van der Waals surface area contributed by atoms with E-state index < -0.39 is 4.92 Å². The molecule has 1 aliphatic heterocycles. The Kier molecular flexibility index (Phi) is 6.09. The lowest BCUT2D eigenvalue weighted by molar-refractivity contribution is -0.389. The molecule has 0 saturated carbocycles. The molecule has 0 bridgehead atoms. The third-order valence-corrected chi connectivity index (χ3v) is 4.25. The van der Waals surface area contributed by atoms with Crippen molar-refractivity contribution in [3.63, 3.8) is 0 Å². The normalized spacial score (nSPS) is 15.6. The van der Waals surface area contributed by atoms with Gasteiger partial charge in [0.2, 0.25) is 11.7 Å². The van der Waals surface area contributed by atoms with Crippen LogP contribution in [-0.4, -0.2) is 51.0 Å². The van der Waals surface area contributed by atoms with Gasteiger partial charge in [-0.1, -0.05) is 6.92 Å². The highest BCUT2D eigenvalue weighted by molar-refractivity contribution is 5.76. The molecule has 8 nitrogen and oxygen atoms in total. The zero-order chi connectivity index (χ0) is 16.8. The maximum Gasteiger partial charge on any atom is 0.381 e. The lowest BCUT2D eigenvalue weighted by Gasteiger charge is -2.34. The quantitative estimate of drug-likeness (QED) is 0.606. The number of carbonyl (C=O) groups is 1. The summed E-state index contributed by atoms with van der Waals surface area (Å²) in [5.41, 5.74) is 0. The number of nitrogens with zero attached hydrogens (tertiary/aromatic N) is 4. The van der Waals surface area contributed by atoms with Gasteiger partial charge >= 0.3 is 5.82 Å². The predicted octanol–water partition coefficient (Wildman–Crippen LogP) is 1.48. The van der Waals surface area contributed by atoms with Crippen molar-refractivity contribution in [3.8, 4) is 0 Å². The van der Waals surface area contributed by atoms with Crippen molar-refractivity contribution in [2.75, 3.05) is 19.6 Å². The number of rotatable bonds is 7. The summed E-state index contributed by atoms with van der Waals surface area (Å²) in [6.45, 7) is 6.89. The fraction of sp³-hybridized carbons (Fsp3) is 0.733. The average Bonchev–Trinajstić information content (AvgIpc) is 2.92. The maximum absolute atomic E-state index is 12.6. The number of nitro groups is 1. The van der Waals surface area contributed by atoms with Crippen LogP contribution in [0.4, 0.5) is 5.82 Å². The van der Waals surface area contributed by atoms with E-state index in [4.69, 9.17) is 0 Å². The average molecular weight is 323 g/mol.